The van der Waals surface area contributed by atoms with Gasteiger partial charge in [-0.25, -0.2) is 4.98 Å². The number of piperidine rings is 1. The molecule has 1 saturated heterocycles. The molecular weight excluding hydrogens is 354 g/mol. The molecule has 1 amide bonds. The second kappa shape index (κ2) is 6.99. The SMILES string of the molecule is O=C(NCc1nc2ccccc2[nH]1)C1CCN(c2nc3ccccc3o2)CC1. The number of rotatable bonds is 4. The molecule has 7 heteroatoms. The molecule has 4 aromatic rings. The lowest BCUT2D eigenvalue weighted by Crippen LogP contribution is -2.40. The number of benzene rings is 2. The predicted octanol–water partition coefficient (Wildman–Crippen LogP) is 3.24. The summed E-state index contributed by atoms with van der Waals surface area (Å²) in [5.41, 5.74) is 3.56. The molecule has 142 valence electrons. The number of aromatic nitrogens is 3. The van der Waals surface area contributed by atoms with E-state index in [0.717, 1.165) is 53.9 Å². The van der Waals surface area contributed by atoms with Crippen LogP contribution < -0.4 is 10.2 Å². The van der Waals surface area contributed by atoms with Crippen LogP contribution >= 0.6 is 0 Å². The summed E-state index contributed by atoms with van der Waals surface area (Å²) in [6.45, 7) is 1.93. The van der Waals surface area contributed by atoms with Gasteiger partial charge in [-0.2, -0.15) is 4.98 Å². The maximum atomic E-state index is 12.6. The molecule has 2 aromatic heterocycles. The molecule has 2 N–H and O–H groups in total. The van der Waals surface area contributed by atoms with Gasteiger partial charge in [0.2, 0.25) is 5.91 Å². The Hall–Kier alpha value is -3.35. The minimum absolute atomic E-state index is 0.00464. The van der Waals surface area contributed by atoms with Gasteiger partial charge in [0.05, 0.1) is 17.6 Å². The third-order valence-corrected chi connectivity index (χ3v) is 5.29. The van der Waals surface area contributed by atoms with E-state index in [2.05, 4.69) is 25.2 Å². The van der Waals surface area contributed by atoms with Crippen LogP contribution in [-0.2, 0) is 11.3 Å². The summed E-state index contributed by atoms with van der Waals surface area (Å²) in [5.74, 6) is 0.862. The fraction of sp³-hybridized carbons (Fsp3) is 0.286. The van der Waals surface area contributed by atoms with E-state index in [1.165, 1.54) is 0 Å². The topological polar surface area (TPSA) is 87.0 Å². The summed E-state index contributed by atoms with van der Waals surface area (Å²) in [5, 5.41) is 3.02. The average molecular weight is 375 g/mol. The lowest BCUT2D eigenvalue weighted by Gasteiger charge is -2.30. The highest BCUT2D eigenvalue weighted by Gasteiger charge is 2.27. The van der Waals surface area contributed by atoms with Crippen molar-refractivity contribution in [1.82, 2.24) is 20.3 Å². The van der Waals surface area contributed by atoms with E-state index in [9.17, 15) is 4.79 Å². The normalized spacial score (nSPS) is 15.4. The van der Waals surface area contributed by atoms with Gasteiger partial charge in [-0.3, -0.25) is 4.79 Å². The fourth-order valence-corrected chi connectivity index (χ4v) is 3.73. The first kappa shape index (κ1) is 16.8. The number of nitrogens with zero attached hydrogens (tertiary/aromatic N) is 3. The van der Waals surface area contributed by atoms with E-state index in [-0.39, 0.29) is 11.8 Å². The number of H-pyrrole nitrogens is 1. The van der Waals surface area contributed by atoms with Gasteiger partial charge in [-0.05, 0) is 37.1 Å². The van der Waals surface area contributed by atoms with Gasteiger partial charge >= 0.3 is 0 Å². The Morgan fingerprint density at radius 2 is 1.82 bits per heavy atom. The largest absolute Gasteiger partial charge is 0.423 e. The van der Waals surface area contributed by atoms with Crippen LogP contribution in [0.25, 0.3) is 22.1 Å². The minimum atomic E-state index is 0.00464. The zero-order valence-electron chi connectivity index (χ0n) is 15.4. The van der Waals surface area contributed by atoms with Gasteiger partial charge < -0.3 is 19.6 Å². The van der Waals surface area contributed by atoms with Crippen LogP contribution in [0.2, 0.25) is 0 Å². The van der Waals surface area contributed by atoms with Crippen molar-refractivity contribution in [2.45, 2.75) is 19.4 Å². The molecule has 5 rings (SSSR count). The van der Waals surface area contributed by atoms with Crippen LogP contribution in [0.4, 0.5) is 6.01 Å². The lowest BCUT2D eigenvalue weighted by atomic mass is 9.96. The van der Waals surface area contributed by atoms with Crippen molar-refractivity contribution in [3.8, 4) is 0 Å². The molecule has 1 aliphatic heterocycles. The van der Waals surface area contributed by atoms with E-state index in [1.807, 2.05) is 48.5 Å². The third kappa shape index (κ3) is 3.19. The molecule has 0 radical (unpaired) electrons. The quantitative estimate of drug-likeness (QED) is 0.572. The number of hydrogen-bond acceptors (Lipinski definition) is 5. The van der Waals surface area contributed by atoms with Crippen molar-refractivity contribution >= 4 is 34.1 Å². The number of nitrogens with one attached hydrogen (secondary N) is 2. The highest BCUT2D eigenvalue weighted by atomic mass is 16.4. The van der Waals surface area contributed by atoms with Crippen molar-refractivity contribution in [2.75, 3.05) is 18.0 Å². The number of carbonyl (C=O) groups is 1. The number of oxazole rings is 1. The molecule has 0 spiro atoms. The first-order chi connectivity index (χ1) is 13.8. The highest BCUT2D eigenvalue weighted by molar-refractivity contribution is 5.79. The van der Waals surface area contributed by atoms with Crippen molar-refractivity contribution in [1.29, 1.82) is 0 Å². The third-order valence-electron chi connectivity index (χ3n) is 5.29. The molecule has 0 unspecified atom stereocenters. The van der Waals surface area contributed by atoms with Gasteiger partial charge in [-0.1, -0.05) is 24.3 Å². The molecule has 0 bridgehead atoms. The maximum absolute atomic E-state index is 12.6. The van der Waals surface area contributed by atoms with Gasteiger partial charge in [0.1, 0.15) is 11.3 Å². The van der Waals surface area contributed by atoms with Gasteiger partial charge in [0.15, 0.2) is 5.58 Å². The van der Waals surface area contributed by atoms with E-state index < -0.39 is 0 Å². The van der Waals surface area contributed by atoms with Gasteiger partial charge in [0, 0.05) is 19.0 Å². The number of anilines is 1. The Morgan fingerprint density at radius 1 is 1.07 bits per heavy atom. The van der Waals surface area contributed by atoms with Gasteiger partial charge in [0.25, 0.3) is 6.01 Å². The number of para-hydroxylation sites is 4. The molecule has 3 heterocycles. The smallest absolute Gasteiger partial charge is 0.298 e. The van der Waals surface area contributed by atoms with E-state index >= 15 is 0 Å². The average Bonchev–Trinajstić information content (AvgIpc) is 3.35. The highest BCUT2D eigenvalue weighted by Crippen LogP contribution is 2.26. The van der Waals surface area contributed by atoms with Crippen LogP contribution in [0.15, 0.2) is 52.9 Å². The molecule has 7 nitrogen and oxygen atoms in total. The molecule has 0 atom stereocenters. The van der Waals surface area contributed by atoms with Crippen molar-refractivity contribution < 1.29 is 9.21 Å². The Kier molecular flexibility index (Phi) is 4.20. The molecule has 28 heavy (non-hydrogen) atoms. The number of carbonyl (C=O) groups excluding carboxylic acids is 1. The summed E-state index contributed by atoms with van der Waals surface area (Å²) in [4.78, 5) is 27.0. The molecule has 1 aliphatic rings. The van der Waals surface area contributed by atoms with Crippen LogP contribution in [0, 0.1) is 5.92 Å². The zero-order chi connectivity index (χ0) is 18.9. The Balaban J connectivity index is 1.17. The predicted molar refractivity (Wildman–Crippen MR) is 107 cm³/mol. The summed E-state index contributed by atoms with van der Waals surface area (Å²) in [6.07, 6.45) is 1.56. The Bertz CT molecular complexity index is 1060. The molecule has 1 fully saturated rings. The maximum Gasteiger partial charge on any atom is 0.298 e. The number of hydrogen-bond donors (Lipinski definition) is 2. The van der Waals surface area contributed by atoms with Crippen molar-refractivity contribution in [3.63, 3.8) is 0 Å². The summed E-state index contributed by atoms with van der Waals surface area (Å²) in [7, 11) is 0. The standard InChI is InChI=1S/C21H21N5O2/c27-20(22-13-19-23-15-5-1-2-6-16(15)24-19)14-9-11-26(12-10-14)21-25-17-7-3-4-8-18(17)28-21/h1-8,14H,9-13H2,(H,22,27)(H,23,24). The van der Waals surface area contributed by atoms with Crippen LogP contribution in [0.5, 0.6) is 0 Å². The number of aromatic amines is 1. The summed E-state index contributed by atoms with van der Waals surface area (Å²) < 4.78 is 5.84. The second-order valence-corrected chi connectivity index (χ2v) is 7.14. The second-order valence-electron chi connectivity index (χ2n) is 7.14. The Morgan fingerprint density at radius 3 is 2.61 bits per heavy atom. The molecule has 0 saturated carbocycles. The van der Waals surface area contributed by atoms with Crippen molar-refractivity contribution in [3.05, 3.63) is 54.4 Å². The Labute approximate surface area is 161 Å². The first-order valence-corrected chi connectivity index (χ1v) is 9.58. The lowest BCUT2D eigenvalue weighted by molar-refractivity contribution is -0.125. The van der Waals surface area contributed by atoms with E-state index in [1.54, 1.807) is 0 Å². The van der Waals surface area contributed by atoms with Crippen molar-refractivity contribution in [2.24, 2.45) is 5.92 Å². The monoisotopic (exact) mass is 375 g/mol. The first-order valence-electron chi connectivity index (χ1n) is 9.58. The number of amides is 1. The summed E-state index contributed by atoms with van der Waals surface area (Å²) in [6, 6.07) is 16.3. The van der Waals surface area contributed by atoms with E-state index in [4.69, 9.17) is 4.42 Å². The number of imidazole rings is 1. The number of fused-ring (bicyclic) bond motifs is 2. The molecular formula is C21H21N5O2. The molecule has 0 aliphatic carbocycles. The minimum Gasteiger partial charge on any atom is -0.423 e. The zero-order valence-corrected chi connectivity index (χ0v) is 15.4. The van der Waals surface area contributed by atoms with Crippen LogP contribution in [0.3, 0.4) is 0 Å². The fourth-order valence-electron chi connectivity index (χ4n) is 3.73. The van der Waals surface area contributed by atoms with Crippen LogP contribution in [0.1, 0.15) is 18.7 Å². The van der Waals surface area contributed by atoms with E-state index in [0.29, 0.717) is 12.6 Å². The molecule has 2 aromatic carbocycles. The summed E-state index contributed by atoms with van der Waals surface area (Å²) >= 11 is 0. The van der Waals surface area contributed by atoms with Crippen LogP contribution in [-0.4, -0.2) is 33.9 Å². The van der Waals surface area contributed by atoms with Gasteiger partial charge in [-0.15, -0.1) is 0 Å².